The van der Waals surface area contributed by atoms with E-state index >= 15 is 0 Å². The van der Waals surface area contributed by atoms with Gasteiger partial charge in [-0.05, 0) is 41.5 Å². The Labute approximate surface area is 101 Å². The van der Waals surface area contributed by atoms with E-state index in [2.05, 4.69) is 52.9 Å². The second-order valence-corrected chi connectivity index (χ2v) is 10.5. The van der Waals surface area contributed by atoms with Crippen LogP contribution in [-0.2, 0) is 4.74 Å². The molecule has 0 aliphatic carbocycles. The van der Waals surface area contributed by atoms with Crippen LogP contribution in [0, 0.1) is 0 Å². The van der Waals surface area contributed by atoms with Gasteiger partial charge in [0.25, 0.3) is 6.16 Å². The summed E-state index contributed by atoms with van der Waals surface area (Å²) in [5.41, 5.74) is 2.67. The average Bonchev–Trinajstić information content (AvgIpc) is 2.16. The number of carboxylic acid groups (broad SMARTS) is 1. The molecule has 0 saturated carbocycles. The molecule has 0 amide bonds. The van der Waals surface area contributed by atoms with Gasteiger partial charge in [-0.25, -0.2) is 0 Å². The molecule has 0 N–H and O–H groups in total. The van der Waals surface area contributed by atoms with Gasteiger partial charge in [0.05, 0.1) is 17.0 Å². The summed E-state index contributed by atoms with van der Waals surface area (Å²) in [4.78, 5) is 9.03. The van der Waals surface area contributed by atoms with Gasteiger partial charge < -0.3 is 14.6 Å². The van der Waals surface area contributed by atoms with Gasteiger partial charge in [0, 0.05) is 21.0 Å². The van der Waals surface area contributed by atoms with Crippen molar-refractivity contribution >= 4 is 13.4 Å². The average molecular weight is 250 g/mol. The molecule has 0 bridgehead atoms. The van der Waals surface area contributed by atoms with E-state index in [1.54, 1.807) is 0 Å². The first kappa shape index (κ1) is 18.1. The van der Waals surface area contributed by atoms with E-state index in [1.807, 2.05) is 0 Å². The summed E-state index contributed by atoms with van der Waals surface area (Å²) < 4.78 is 3.56. The second kappa shape index (κ2) is 7.89. The van der Waals surface area contributed by atoms with Gasteiger partial charge in [0.15, 0.2) is 0 Å². The first-order valence-electron chi connectivity index (χ1n) is 5.71. The lowest BCUT2D eigenvalue weighted by atomic mass is 10.5. The minimum atomic E-state index is -1.50. The number of rotatable bonds is 3. The molecule has 0 aliphatic heterocycles. The highest BCUT2D eigenvalue weighted by Crippen LogP contribution is 2.66. The van der Waals surface area contributed by atoms with Crippen LogP contribution in [0.5, 0.6) is 0 Å². The van der Waals surface area contributed by atoms with Gasteiger partial charge in [-0.3, -0.25) is 0 Å². The van der Waals surface area contributed by atoms with Crippen molar-refractivity contribution in [2.24, 2.45) is 0 Å². The van der Waals surface area contributed by atoms with Crippen molar-refractivity contribution in [1.29, 1.82) is 0 Å². The van der Waals surface area contributed by atoms with Gasteiger partial charge in [0.1, 0.15) is 0 Å². The Hall–Kier alpha value is -0.300. The topological polar surface area (TPSA) is 49.4 Å². The molecule has 98 valence electrons. The van der Waals surface area contributed by atoms with Crippen LogP contribution in [-0.4, -0.2) is 36.9 Å². The Morgan fingerprint density at radius 3 is 1.19 bits per heavy atom. The first-order chi connectivity index (χ1) is 7.10. The monoisotopic (exact) mass is 250 g/mol. The molecule has 16 heavy (non-hydrogen) atoms. The minimum absolute atomic E-state index is 0.685. The van der Waals surface area contributed by atoms with Crippen molar-refractivity contribution < 1.29 is 14.6 Å². The van der Waals surface area contributed by atoms with Crippen molar-refractivity contribution in [3.63, 3.8) is 0 Å². The second-order valence-electron chi connectivity index (χ2n) is 4.96. The van der Waals surface area contributed by atoms with Crippen LogP contribution in [0.1, 0.15) is 41.5 Å². The van der Waals surface area contributed by atoms with E-state index in [0.29, 0.717) is 0 Å². The lowest BCUT2D eigenvalue weighted by Gasteiger charge is -2.34. The Balaban J connectivity index is 0. The van der Waals surface area contributed by atoms with Crippen molar-refractivity contribution in [2.45, 2.75) is 58.5 Å². The van der Waals surface area contributed by atoms with Crippen molar-refractivity contribution in [3.8, 4) is 0 Å². The lowest BCUT2D eigenvalue weighted by Crippen LogP contribution is -2.21. The van der Waals surface area contributed by atoms with Crippen molar-refractivity contribution in [2.75, 3.05) is 13.8 Å². The molecular formula is C12H27O3P. The van der Waals surface area contributed by atoms with E-state index in [9.17, 15) is 0 Å². The van der Waals surface area contributed by atoms with E-state index < -0.39 is 13.4 Å². The van der Waals surface area contributed by atoms with Crippen LogP contribution in [0.25, 0.3) is 0 Å². The Kier molecular flexibility index (Phi) is 8.91. The van der Waals surface area contributed by atoms with E-state index in [-0.39, 0.29) is 0 Å². The normalized spacial score (nSPS) is 11.4. The molecule has 0 aromatic rings. The molecule has 0 rings (SSSR count). The maximum atomic E-state index is 9.03. The summed E-state index contributed by atoms with van der Waals surface area (Å²) in [5, 5.41) is 9.03. The number of carbonyl (C=O) groups excluding carboxylic acids is 1. The summed E-state index contributed by atoms with van der Waals surface area (Å²) in [6.45, 7) is 16.8. The summed E-state index contributed by atoms with van der Waals surface area (Å²) in [6.07, 6.45) is -1.50. The molecule has 0 radical (unpaired) electrons. The molecular weight excluding hydrogens is 223 g/mol. The molecule has 3 nitrogen and oxygen atoms in total. The summed E-state index contributed by atoms with van der Waals surface area (Å²) in [6, 6.07) is 0. The fourth-order valence-electron chi connectivity index (χ4n) is 1.79. The molecule has 0 aromatic carbocycles. The van der Waals surface area contributed by atoms with Crippen LogP contribution in [0.15, 0.2) is 0 Å². The largest absolute Gasteiger partial charge is 0.553 e. The zero-order valence-corrected chi connectivity index (χ0v) is 12.8. The molecule has 0 unspecified atom stereocenters. The molecule has 0 atom stereocenters. The standard InChI is InChI=1S/C10H24P.C2H4O3/c1-8(2)11(7,9(3)4)10(5)6;1-5-2(3)4/h8-10H,1-7H3;1H3,(H,3,4)/q+1;/p-1. The summed E-state index contributed by atoms with van der Waals surface area (Å²) >= 11 is 0. The minimum Gasteiger partial charge on any atom is -0.553 e. The number of hydrogen-bond donors (Lipinski definition) is 0. The Bertz CT molecular complexity index is 179. The molecule has 0 spiro atoms. The van der Waals surface area contributed by atoms with Crippen LogP contribution in [0.3, 0.4) is 0 Å². The van der Waals surface area contributed by atoms with Crippen LogP contribution in [0.4, 0.5) is 4.79 Å². The first-order valence-corrected chi connectivity index (χ1v) is 8.15. The quantitative estimate of drug-likeness (QED) is 0.571. The van der Waals surface area contributed by atoms with Crippen molar-refractivity contribution in [3.05, 3.63) is 0 Å². The van der Waals surface area contributed by atoms with E-state index in [0.717, 1.165) is 24.1 Å². The van der Waals surface area contributed by atoms with E-state index in [1.165, 1.54) is 0 Å². The highest BCUT2D eigenvalue weighted by atomic mass is 31.2. The van der Waals surface area contributed by atoms with Crippen LogP contribution < -0.4 is 5.11 Å². The molecule has 4 heteroatoms. The highest BCUT2D eigenvalue weighted by Gasteiger charge is 2.41. The zero-order valence-electron chi connectivity index (χ0n) is 11.9. The third kappa shape index (κ3) is 5.69. The zero-order chi connectivity index (χ0) is 13.5. The molecule has 0 saturated heterocycles. The Morgan fingerprint density at radius 2 is 1.19 bits per heavy atom. The fourth-order valence-corrected chi connectivity index (χ4v) is 5.37. The third-order valence-corrected chi connectivity index (χ3v) is 10.2. The molecule has 0 aromatic heterocycles. The molecule has 0 heterocycles. The van der Waals surface area contributed by atoms with Crippen LogP contribution in [0.2, 0.25) is 0 Å². The van der Waals surface area contributed by atoms with Gasteiger partial charge >= 0.3 is 0 Å². The number of methoxy groups -OCH3 is 1. The van der Waals surface area contributed by atoms with Crippen LogP contribution >= 0.6 is 7.26 Å². The van der Waals surface area contributed by atoms with Gasteiger partial charge in [0.2, 0.25) is 0 Å². The third-order valence-electron chi connectivity index (χ3n) is 3.50. The molecule has 0 fully saturated rings. The highest BCUT2D eigenvalue weighted by molar-refractivity contribution is 7.77. The smallest absolute Gasteiger partial charge is 0.251 e. The summed E-state index contributed by atoms with van der Waals surface area (Å²) in [7, 11) is 0.352. The van der Waals surface area contributed by atoms with Gasteiger partial charge in [-0.2, -0.15) is 0 Å². The predicted molar refractivity (Wildman–Crippen MR) is 70.7 cm³/mol. The number of hydrogen-bond acceptors (Lipinski definition) is 3. The molecule has 0 aliphatic rings. The summed E-state index contributed by atoms with van der Waals surface area (Å²) in [5.74, 6) is 0. The lowest BCUT2D eigenvalue weighted by molar-refractivity contribution is -0.279. The predicted octanol–water partition coefficient (Wildman–Crippen LogP) is 2.84. The number of carbonyl (C=O) groups is 1. The fraction of sp³-hybridized carbons (Fsp3) is 0.917. The van der Waals surface area contributed by atoms with E-state index in [4.69, 9.17) is 9.90 Å². The van der Waals surface area contributed by atoms with Gasteiger partial charge in [-0.15, -0.1) is 0 Å². The van der Waals surface area contributed by atoms with Crippen molar-refractivity contribution in [1.82, 2.24) is 0 Å². The Morgan fingerprint density at radius 1 is 1.00 bits per heavy atom. The SMILES string of the molecule is CC(C)[P+](C)(C(C)C)C(C)C.COC(=O)[O-]. The van der Waals surface area contributed by atoms with Gasteiger partial charge in [-0.1, -0.05) is 0 Å². The number of ether oxygens (including phenoxy) is 1. The maximum Gasteiger partial charge on any atom is 0.251 e. The maximum absolute atomic E-state index is 9.03.